The van der Waals surface area contributed by atoms with Crippen molar-refractivity contribution in [1.82, 2.24) is 9.88 Å². The van der Waals surface area contributed by atoms with E-state index in [-0.39, 0.29) is 0 Å². The fourth-order valence-corrected chi connectivity index (χ4v) is 2.15. The van der Waals surface area contributed by atoms with Crippen LogP contribution in [-0.2, 0) is 0 Å². The Kier molecular flexibility index (Phi) is 3.34. The van der Waals surface area contributed by atoms with E-state index >= 15 is 0 Å². The molecule has 1 N–H and O–H groups in total. The molecule has 1 aromatic heterocycles. The summed E-state index contributed by atoms with van der Waals surface area (Å²) in [5, 5.41) is 3.25. The quantitative estimate of drug-likeness (QED) is 0.852. The Morgan fingerprint density at radius 1 is 0.941 bits per heavy atom. The SMILES string of the molecule is CNC(C)c1ccc(-n2c(C)ccc2C)cc1. The zero-order chi connectivity index (χ0) is 12.4. The topological polar surface area (TPSA) is 17.0 Å². The number of rotatable bonds is 3. The average Bonchev–Trinajstić information content (AvgIpc) is 2.68. The lowest BCUT2D eigenvalue weighted by molar-refractivity contribution is 0.652. The molecule has 0 radical (unpaired) electrons. The van der Waals surface area contributed by atoms with E-state index in [1.165, 1.54) is 22.6 Å². The van der Waals surface area contributed by atoms with Crippen LogP contribution >= 0.6 is 0 Å². The highest BCUT2D eigenvalue weighted by Gasteiger charge is 2.05. The summed E-state index contributed by atoms with van der Waals surface area (Å²) in [4.78, 5) is 0. The second-order valence-corrected chi connectivity index (χ2v) is 4.55. The molecule has 0 saturated heterocycles. The Balaban J connectivity index is 2.36. The van der Waals surface area contributed by atoms with Crippen molar-refractivity contribution in [1.29, 1.82) is 0 Å². The molecule has 0 bridgehead atoms. The van der Waals surface area contributed by atoms with Gasteiger partial charge in [-0.25, -0.2) is 0 Å². The van der Waals surface area contributed by atoms with Crippen molar-refractivity contribution in [2.24, 2.45) is 0 Å². The van der Waals surface area contributed by atoms with Crippen LogP contribution in [0.4, 0.5) is 0 Å². The third-order valence-corrected chi connectivity index (χ3v) is 3.36. The fraction of sp³-hybridized carbons (Fsp3) is 0.333. The van der Waals surface area contributed by atoms with Crippen molar-refractivity contribution in [3.63, 3.8) is 0 Å². The molecular weight excluding hydrogens is 208 g/mol. The molecule has 0 spiro atoms. The zero-order valence-corrected chi connectivity index (χ0v) is 11.0. The van der Waals surface area contributed by atoms with E-state index in [1.807, 2.05) is 7.05 Å². The van der Waals surface area contributed by atoms with Gasteiger partial charge in [-0.05, 0) is 57.6 Å². The molecule has 0 fully saturated rings. The Morgan fingerprint density at radius 3 is 1.94 bits per heavy atom. The monoisotopic (exact) mass is 228 g/mol. The van der Waals surface area contributed by atoms with Crippen molar-refractivity contribution >= 4 is 0 Å². The molecule has 90 valence electrons. The molecule has 0 saturated carbocycles. The van der Waals surface area contributed by atoms with Crippen LogP contribution in [0.2, 0.25) is 0 Å². The second kappa shape index (κ2) is 4.76. The third-order valence-electron chi connectivity index (χ3n) is 3.36. The number of hydrogen-bond acceptors (Lipinski definition) is 1. The number of nitrogens with zero attached hydrogens (tertiary/aromatic N) is 1. The van der Waals surface area contributed by atoms with Crippen LogP contribution in [0.1, 0.15) is 29.9 Å². The molecular formula is C15H20N2. The minimum Gasteiger partial charge on any atom is -0.319 e. The maximum Gasteiger partial charge on any atom is 0.0455 e. The average molecular weight is 228 g/mol. The second-order valence-electron chi connectivity index (χ2n) is 4.55. The smallest absolute Gasteiger partial charge is 0.0455 e. The van der Waals surface area contributed by atoms with Gasteiger partial charge >= 0.3 is 0 Å². The number of aryl methyl sites for hydroxylation is 2. The van der Waals surface area contributed by atoms with E-state index in [4.69, 9.17) is 0 Å². The van der Waals surface area contributed by atoms with Gasteiger partial charge in [0.2, 0.25) is 0 Å². The van der Waals surface area contributed by atoms with Crippen molar-refractivity contribution in [3.8, 4) is 5.69 Å². The first-order valence-electron chi connectivity index (χ1n) is 6.06. The van der Waals surface area contributed by atoms with Gasteiger partial charge in [0.05, 0.1) is 0 Å². The van der Waals surface area contributed by atoms with E-state index < -0.39 is 0 Å². The Bertz CT molecular complexity index is 475. The summed E-state index contributed by atoms with van der Waals surface area (Å²) in [7, 11) is 1.98. The largest absolute Gasteiger partial charge is 0.319 e. The molecule has 1 unspecified atom stereocenters. The fourth-order valence-electron chi connectivity index (χ4n) is 2.15. The lowest BCUT2D eigenvalue weighted by Gasteiger charge is -2.13. The molecule has 2 aromatic rings. The maximum atomic E-state index is 3.25. The lowest BCUT2D eigenvalue weighted by atomic mass is 10.1. The van der Waals surface area contributed by atoms with E-state index in [2.05, 4.69) is 67.1 Å². The van der Waals surface area contributed by atoms with Gasteiger partial charge in [0.1, 0.15) is 0 Å². The van der Waals surface area contributed by atoms with E-state index in [0.717, 1.165) is 0 Å². The van der Waals surface area contributed by atoms with Crippen LogP contribution < -0.4 is 5.32 Å². The van der Waals surface area contributed by atoms with E-state index in [9.17, 15) is 0 Å². The molecule has 1 heterocycles. The Labute approximate surface area is 103 Å². The van der Waals surface area contributed by atoms with Gasteiger partial charge in [-0.15, -0.1) is 0 Å². The highest BCUT2D eigenvalue weighted by Crippen LogP contribution is 2.19. The van der Waals surface area contributed by atoms with Crippen LogP contribution in [0, 0.1) is 13.8 Å². The summed E-state index contributed by atoms with van der Waals surface area (Å²) in [5.74, 6) is 0. The molecule has 2 rings (SSSR count). The summed E-state index contributed by atoms with van der Waals surface area (Å²) in [5.41, 5.74) is 5.10. The van der Waals surface area contributed by atoms with Crippen molar-refractivity contribution in [2.75, 3.05) is 7.05 Å². The molecule has 2 heteroatoms. The zero-order valence-electron chi connectivity index (χ0n) is 11.0. The highest BCUT2D eigenvalue weighted by atomic mass is 15.0. The maximum absolute atomic E-state index is 3.25. The van der Waals surface area contributed by atoms with Gasteiger partial charge in [0.25, 0.3) is 0 Å². The lowest BCUT2D eigenvalue weighted by Crippen LogP contribution is -2.12. The highest BCUT2D eigenvalue weighted by molar-refractivity contribution is 5.40. The Hall–Kier alpha value is -1.54. The van der Waals surface area contributed by atoms with Crippen LogP contribution in [0.25, 0.3) is 5.69 Å². The first-order chi connectivity index (χ1) is 8.13. The number of benzene rings is 1. The predicted octanol–water partition coefficient (Wildman–Crippen LogP) is 3.37. The van der Waals surface area contributed by atoms with Gasteiger partial charge < -0.3 is 9.88 Å². The standard InChI is InChI=1S/C15H20N2/c1-11-5-6-12(2)17(11)15-9-7-14(8-10-15)13(3)16-4/h5-10,13,16H,1-4H3. The van der Waals surface area contributed by atoms with Gasteiger partial charge in [-0.3, -0.25) is 0 Å². The molecule has 0 aliphatic carbocycles. The summed E-state index contributed by atoms with van der Waals surface area (Å²) in [6.45, 7) is 6.44. The molecule has 2 nitrogen and oxygen atoms in total. The van der Waals surface area contributed by atoms with Crippen LogP contribution in [-0.4, -0.2) is 11.6 Å². The minimum absolute atomic E-state index is 0.399. The van der Waals surface area contributed by atoms with Crippen LogP contribution in [0.15, 0.2) is 36.4 Å². The van der Waals surface area contributed by atoms with Crippen LogP contribution in [0.5, 0.6) is 0 Å². The first kappa shape index (κ1) is 11.9. The van der Waals surface area contributed by atoms with Crippen molar-refractivity contribution in [2.45, 2.75) is 26.8 Å². The van der Waals surface area contributed by atoms with E-state index in [0.29, 0.717) is 6.04 Å². The molecule has 0 aliphatic rings. The molecule has 1 atom stereocenters. The normalized spacial score (nSPS) is 12.7. The third kappa shape index (κ3) is 2.27. The number of aromatic nitrogens is 1. The summed E-state index contributed by atoms with van der Waals surface area (Å²) < 4.78 is 2.27. The minimum atomic E-state index is 0.399. The summed E-state index contributed by atoms with van der Waals surface area (Å²) >= 11 is 0. The van der Waals surface area contributed by atoms with Gasteiger partial charge in [0, 0.05) is 23.1 Å². The number of nitrogens with one attached hydrogen (secondary N) is 1. The van der Waals surface area contributed by atoms with Gasteiger partial charge in [0.15, 0.2) is 0 Å². The summed E-state index contributed by atoms with van der Waals surface area (Å²) in [6, 6.07) is 13.5. The van der Waals surface area contributed by atoms with Crippen molar-refractivity contribution in [3.05, 3.63) is 53.3 Å². The van der Waals surface area contributed by atoms with Crippen molar-refractivity contribution < 1.29 is 0 Å². The molecule has 17 heavy (non-hydrogen) atoms. The van der Waals surface area contributed by atoms with Gasteiger partial charge in [-0.2, -0.15) is 0 Å². The Morgan fingerprint density at radius 2 is 1.47 bits per heavy atom. The molecule has 1 aromatic carbocycles. The number of hydrogen-bond donors (Lipinski definition) is 1. The summed E-state index contributed by atoms with van der Waals surface area (Å²) in [6.07, 6.45) is 0. The first-order valence-corrected chi connectivity index (χ1v) is 6.06. The molecule has 0 aliphatic heterocycles. The van der Waals surface area contributed by atoms with Gasteiger partial charge in [-0.1, -0.05) is 12.1 Å². The molecule has 0 amide bonds. The predicted molar refractivity (Wildman–Crippen MR) is 72.7 cm³/mol. The van der Waals surface area contributed by atoms with E-state index in [1.54, 1.807) is 0 Å². The van der Waals surface area contributed by atoms with Crippen LogP contribution in [0.3, 0.4) is 0 Å².